The molecule has 1 aromatic carbocycles. The number of fused-ring (bicyclic) bond motifs is 1. The van der Waals surface area contributed by atoms with Crippen LogP contribution in [-0.4, -0.2) is 34.4 Å². The first kappa shape index (κ1) is 14.0. The molecule has 2 N–H and O–H groups in total. The van der Waals surface area contributed by atoms with Gasteiger partial charge in [0.2, 0.25) is 0 Å². The summed E-state index contributed by atoms with van der Waals surface area (Å²) in [4.78, 5) is 19.4. The Labute approximate surface area is 125 Å². The normalized spacial score (nSPS) is 22.5. The molecule has 2 unspecified atom stereocenters. The van der Waals surface area contributed by atoms with E-state index in [-0.39, 0.29) is 18.0 Å². The third-order valence-electron chi connectivity index (χ3n) is 4.40. The maximum Gasteiger partial charge on any atom is 0.256 e. The molecule has 2 aromatic rings. The van der Waals surface area contributed by atoms with Gasteiger partial charge in [0.1, 0.15) is 0 Å². The standard InChI is InChI=1S/C17H21N3O/c1-12-5-2-8-14(11-18)20(12)17(21)15-9-3-6-13-7-4-10-19-16(13)15/h3-4,6-7,9-10,12,14H,2,5,8,11,18H2,1H3. The summed E-state index contributed by atoms with van der Waals surface area (Å²) in [6, 6.07) is 10.0. The number of likely N-dealkylation sites (tertiary alicyclic amines) is 1. The number of benzene rings is 1. The van der Waals surface area contributed by atoms with E-state index in [0.29, 0.717) is 12.1 Å². The quantitative estimate of drug-likeness (QED) is 0.921. The smallest absolute Gasteiger partial charge is 0.256 e. The molecule has 1 fully saturated rings. The van der Waals surface area contributed by atoms with Crippen molar-refractivity contribution in [3.63, 3.8) is 0 Å². The number of amides is 1. The summed E-state index contributed by atoms with van der Waals surface area (Å²) < 4.78 is 0. The van der Waals surface area contributed by atoms with E-state index in [2.05, 4.69) is 11.9 Å². The summed E-state index contributed by atoms with van der Waals surface area (Å²) in [5, 5.41) is 0.998. The summed E-state index contributed by atoms with van der Waals surface area (Å²) in [7, 11) is 0. The van der Waals surface area contributed by atoms with Crippen LogP contribution in [0.4, 0.5) is 0 Å². The molecule has 1 amide bonds. The molecule has 1 aliphatic heterocycles. The first-order valence-electron chi connectivity index (χ1n) is 7.59. The lowest BCUT2D eigenvalue weighted by Crippen LogP contribution is -2.51. The SMILES string of the molecule is CC1CCCC(CN)N1C(=O)c1cccc2cccnc12. The summed E-state index contributed by atoms with van der Waals surface area (Å²) in [6.45, 7) is 2.63. The zero-order valence-electron chi connectivity index (χ0n) is 12.3. The van der Waals surface area contributed by atoms with Gasteiger partial charge in [0.25, 0.3) is 5.91 Å². The molecule has 21 heavy (non-hydrogen) atoms. The Balaban J connectivity index is 2.03. The lowest BCUT2D eigenvalue weighted by molar-refractivity contribution is 0.0496. The highest BCUT2D eigenvalue weighted by molar-refractivity contribution is 6.05. The Morgan fingerprint density at radius 1 is 1.33 bits per heavy atom. The van der Waals surface area contributed by atoms with Gasteiger partial charge in [0.15, 0.2) is 0 Å². The summed E-state index contributed by atoms with van der Waals surface area (Å²) in [5.74, 6) is 0.0574. The molecule has 3 rings (SSSR count). The molecule has 4 heteroatoms. The van der Waals surface area contributed by atoms with Crippen molar-refractivity contribution in [3.05, 3.63) is 42.1 Å². The number of pyridine rings is 1. The summed E-state index contributed by atoms with van der Waals surface area (Å²) in [5.41, 5.74) is 7.33. The van der Waals surface area contributed by atoms with Gasteiger partial charge in [-0.05, 0) is 38.3 Å². The van der Waals surface area contributed by atoms with E-state index < -0.39 is 0 Å². The molecule has 0 saturated carbocycles. The van der Waals surface area contributed by atoms with E-state index >= 15 is 0 Å². The molecule has 2 atom stereocenters. The van der Waals surface area contributed by atoms with E-state index in [1.807, 2.05) is 35.2 Å². The van der Waals surface area contributed by atoms with Gasteiger partial charge in [-0.15, -0.1) is 0 Å². The van der Waals surface area contributed by atoms with Crippen LogP contribution >= 0.6 is 0 Å². The van der Waals surface area contributed by atoms with E-state index in [1.54, 1.807) is 6.20 Å². The third-order valence-corrected chi connectivity index (χ3v) is 4.40. The lowest BCUT2D eigenvalue weighted by Gasteiger charge is -2.40. The van der Waals surface area contributed by atoms with Crippen LogP contribution in [-0.2, 0) is 0 Å². The van der Waals surface area contributed by atoms with Crippen LogP contribution in [0.3, 0.4) is 0 Å². The van der Waals surface area contributed by atoms with Gasteiger partial charge in [0.05, 0.1) is 11.1 Å². The van der Waals surface area contributed by atoms with Crippen molar-refractivity contribution < 1.29 is 4.79 Å². The van der Waals surface area contributed by atoms with E-state index in [4.69, 9.17) is 5.73 Å². The second-order valence-electron chi connectivity index (χ2n) is 5.76. The Bertz CT molecular complexity index is 650. The van der Waals surface area contributed by atoms with Gasteiger partial charge in [-0.3, -0.25) is 9.78 Å². The number of nitrogens with two attached hydrogens (primary N) is 1. The number of piperidine rings is 1. The number of rotatable bonds is 2. The number of hydrogen-bond donors (Lipinski definition) is 1. The molecule has 4 nitrogen and oxygen atoms in total. The second-order valence-corrected chi connectivity index (χ2v) is 5.76. The van der Waals surface area contributed by atoms with Gasteiger partial charge < -0.3 is 10.6 Å². The molecule has 1 aromatic heterocycles. The molecule has 0 aliphatic carbocycles. The fraction of sp³-hybridized carbons (Fsp3) is 0.412. The second kappa shape index (κ2) is 5.82. The van der Waals surface area contributed by atoms with Crippen LogP contribution < -0.4 is 5.73 Å². The van der Waals surface area contributed by atoms with Crippen LogP contribution in [0, 0.1) is 0 Å². The van der Waals surface area contributed by atoms with Gasteiger partial charge in [-0.1, -0.05) is 18.2 Å². The maximum atomic E-state index is 13.0. The van der Waals surface area contributed by atoms with Crippen LogP contribution in [0.2, 0.25) is 0 Å². The molecule has 2 heterocycles. The number of nitrogens with zero attached hydrogens (tertiary/aromatic N) is 2. The lowest BCUT2D eigenvalue weighted by atomic mass is 9.95. The minimum Gasteiger partial charge on any atom is -0.332 e. The van der Waals surface area contributed by atoms with Crippen molar-refractivity contribution in [3.8, 4) is 0 Å². The van der Waals surface area contributed by atoms with E-state index in [1.165, 1.54) is 0 Å². The summed E-state index contributed by atoms with van der Waals surface area (Å²) in [6.07, 6.45) is 4.91. The largest absolute Gasteiger partial charge is 0.332 e. The molecular formula is C17H21N3O. The number of aromatic nitrogens is 1. The van der Waals surface area contributed by atoms with Gasteiger partial charge in [-0.25, -0.2) is 0 Å². The Morgan fingerprint density at radius 3 is 2.95 bits per heavy atom. The Kier molecular flexibility index (Phi) is 3.88. The number of hydrogen-bond acceptors (Lipinski definition) is 3. The van der Waals surface area contributed by atoms with E-state index in [9.17, 15) is 4.79 Å². The third kappa shape index (κ3) is 2.51. The van der Waals surface area contributed by atoms with Crippen molar-refractivity contribution in [1.82, 2.24) is 9.88 Å². The predicted octanol–water partition coefficient (Wildman–Crippen LogP) is 2.58. The average Bonchev–Trinajstić information content (AvgIpc) is 2.53. The minimum absolute atomic E-state index is 0.0574. The molecule has 1 aliphatic rings. The van der Waals surface area contributed by atoms with Crippen molar-refractivity contribution in [2.24, 2.45) is 5.73 Å². The highest BCUT2D eigenvalue weighted by Crippen LogP contribution is 2.26. The van der Waals surface area contributed by atoms with Crippen LogP contribution in [0.5, 0.6) is 0 Å². The van der Waals surface area contributed by atoms with Crippen molar-refractivity contribution >= 4 is 16.8 Å². The van der Waals surface area contributed by atoms with E-state index in [0.717, 1.165) is 30.2 Å². The predicted molar refractivity (Wildman–Crippen MR) is 84.1 cm³/mol. The zero-order valence-corrected chi connectivity index (χ0v) is 12.3. The minimum atomic E-state index is 0.0574. The van der Waals surface area contributed by atoms with Crippen molar-refractivity contribution in [2.45, 2.75) is 38.3 Å². The highest BCUT2D eigenvalue weighted by atomic mass is 16.2. The Hall–Kier alpha value is -1.94. The van der Waals surface area contributed by atoms with Crippen LogP contribution in [0.15, 0.2) is 36.5 Å². The molecule has 0 bridgehead atoms. The van der Waals surface area contributed by atoms with Crippen LogP contribution in [0.25, 0.3) is 10.9 Å². The van der Waals surface area contributed by atoms with Gasteiger partial charge in [0, 0.05) is 30.2 Å². The number of carbonyl (C=O) groups excluding carboxylic acids is 1. The van der Waals surface area contributed by atoms with Crippen molar-refractivity contribution in [1.29, 1.82) is 0 Å². The molecular weight excluding hydrogens is 262 g/mol. The summed E-state index contributed by atoms with van der Waals surface area (Å²) >= 11 is 0. The van der Waals surface area contributed by atoms with Gasteiger partial charge >= 0.3 is 0 Å². The highest BCUT2D eigenvalue weighted by Gasteiger charge is 2.32. The first-order chi connectivity index (χ1) is 10.2. The van der Waals surface area contributed by atoms with Crippen molar-refractivity contribution in [2.75, 3.05) is 6.54 Å². The zero-order chi connectivity index (χ0) is 14.8. The Morgan fingerprint density at radius 2 is 2.14 bits per heavy atom. The molecule has 0 spiro atoms. The topological polar surface area (TPSA) is 59.2 Å². The monoisotopic (exact) mass is 283 g/mol. The first-order valence-corrected chi connectivity index (χ1v) is 7.59. The maximum absolute atomic E-state index is 13.0. The number of para-hydroxylation sites is 1. The van der Waals surface area contributed by atoms with Crippen LogP contribution in [0.1, 0.15) is 36.5 Å². The molecule has 0 radical (unpaired) electrons. The van der Waals surface area contributed by atoms with Gasteiger partial charge in [-0.2, -0.15) is 0 Å². The average molecular weight is 283 g/mol. The fourth-order valence-corrected chi connectivity index (χ4v) is 3.30. The molecule has 1 saturated heterocycles. The molecule has 110 valence electrons. The number of carbonyl (C=O) groups is 1. The fourth-order valence-electron chi connectivity index (χ4n) is 3.30.